The summed E-state index contributed by atoms with van der Waals surface area (Å²) >= 11 is 6.40. The van der Waals surface area contributed by atoms with E-state index in [0.29, 0.717) is 21.1 Å². The van der Waals surface area contributed by atoms with Crippen molar-refractivity contribution in [3.8, 4) is 0 Å². The van der Waals surface area contributed by atoms with Gasteiger partial charge in [-0.1, -0.05) is 6.92 Å². The Morgan fingerprint density at radius 3 is 2.30 bits per heavy atom. The molecule has 0 atom stereocenters. The van der Waals surface area contributed by atoms with Gasteiger partial charge in [-0.2, -0.15) is 18.5 Å². The quantitative estimate of drug-likeness (QED) is 0.754. The molecule has 1 aliphatic rings. The van der Waals surface area contributed by atoms with Gasteiger partial charge in [-0.25, -0.2) is 0 Å². The number of rotatable bonds is 3. The van der Waals surface area contributed by atoms with Gasteiger partial charge in [-0.3, -0.25) is 9.35 Å². The van der Waals surface area contributed by atoms with Crippen molar-refractivity contribution in [2.45, 2.75) is 24.7 Å². The van der Waals surface area contributed by atoms with Gasteiger partial charge in [0.05, 0.1) is 17.0 Å². The lowest BCUT2D eigenvalue weighted by Crippen LogP contribution is -2.20. The molecule has 1 amide bonds. The third kappa shape index (κ3) is 2.95. The minimum Gasteiger partial charge on any atom is -0.282 e. The van der Waals surface area contributed by atoms with Crippen LogP contribution in [0.2, 0.25) is 0 Å². The van der Waals surface area contributed by atoms with Crippen LogP contribution in [-0.4, -0.2) is 24.6 Å². The fraction of sp³-hybridized carbons (Fsp3) is 0.273. The second-order valence-electron chi connectivity index (χ2n) is 4.11. The maximum atomic E-state index is 11.9. The number of halogens is 2. The van der Waals surface area contributed by atoms with Crippen molar-refractivity contribution in [3.63, 3.8) is 0 Å². The first-order chi connectivity index (χ1) is 9.24. The van der Waals surface area contributed by atoms with Gasteiger partial charge in [0, 0.05) is 14.7 Å². The Bertz CT molecular complexity index is 692. The summed E-state index contributed by atoms with van der Waals surface area (Å²) < 4.78 is 32.0. The van der Waals surface area contributed by atoms with Crippen LogP contribution in [0.4, 0.5) is 5.69 Å². The molecule has 0 aliphatic carbocycles. The Labute approximate surface area is 132 Å². The summed E-state index contributed by atoms with van der Waals surface area (Å²) in [6.45, 7) is 1.90. The van der Waals surface area contributed by atoms with Crippen molar-refractivity contribution in [1.29, 1.82) is 0 Å². The molecule has 20 heavy (non-hydrogen) atoms. The van der Waals surface area contributed by atoms with Gasteiger partial charge in [0.25, 0.3) is 16.0 Å². The van der Waals surface area contributed by atoms with Crippen LogP contribution >= 0.6 is 31.9 Å². The number of carbonyl (C=O) groups is 1. The lowest BCUT2D eigenvalue weighted by Gasteiger charge is -2.16. The molecular weight excluding hydrogens is 416 g/mol. The third-order valence-corrected chi connectivity index (χ3v) is 4.78. The fourth-order valence-electron chi connectivity index (χ4n) is 1.75. The number of anilines is 1. The average Bonchev–Trinajstić information content (AvgIpc) is 2.69. The molecule has 6 nitrogen and oxygen atoms in total. The Kier molecular flexibility index (Phi) is 4.33. The molecule has 1 aromatic rings. The van der Waals surface area contributed by atoms with Crippen molar-refractivity contribution in [1.82, 2.24) is 0 Å². The highest BCUT2D eigenvalue weighted by molar-refractivity contribution is 9.11. The summed E-state index contributed by atoms with van der Waals surface area (Å²) in [6, 6.07) is 2.45. The van der Waals surface area contributed by atoms with Gasteiger partial charge >= 0.3 is 0 Å². The van der Waals surface area contributed by atoms with Crippen LogP contribution in [0.15, 0.2) is 31.1 Å². The zero-order valence-electron chi connectivity index (χ0n) is 10.3. The Hall–Kier alpha value is -0.770. The number of hydrogen-bond acceptors (Lipinski definition) is 4. The Morgan fingerprint density at radius 1 is 1.35 bits per heavy atom. The topological polar surface area (TPSA) is 87.0 Å². The lowest BCUT2D eigenvalue weighted by atomic mass is 10.2. The molecule has 1 N–H and O–H groups in total. The van der Waals surface area contributed by atoms with Crippen molar-refractivity contribution in [2.24, 2.45) is 5.10 Å². The van der Waals surface area contributed by atoms with Gasteiger partial charge < -0.3 is 0 Å². The van der Waals surface area contributed by atoms with Crippen molar-refractivity contribution in [2.75, 3.05) is 5.01 Å². The molecule has 0 unspecified atom stereocenters. The highest BCUT2D eigenvalue weighted by Gasteiger charge is 2.28. The molecule has 0 radical (unpaired) electrons. The maximum absolute atomic E-state index is 11.9. The Morgan fingerprint density at radius 2 is 1.90 bits per heavy atom. The van der Waals surface area contributed by atoms with Gasteiger partial charge in [0.1, 0.15) is 0 Å². The number of amides is 1. The predicted molar refractivity (Wildman–Crippen MR) is 81.5 cm³/mol. The molecule has 2 rings (SSSR count). The number of hydrogen-bond donors (Lipinski definition) is 1. The molecule has 0 aromatic heterocycles. The van der Waals surface area contributed by atoms with Crippen LogP contribution in [0.3, 0.4) is 0 Å². The monoisotopic (exact) mass is 424 g/mol. The van der Waals surface area contributed by atoms with Crippen molar-refractivity contribution in [3.05, 3.63) is 21.1 Å². The highest BCUT2D eigenvalue weighted by atomic mass is 79.9. The Balaban J connectivity index is 2.55. The van der Waals surface area contributed by atoms with Crippen LogP contribution in [0, 0.1) is 0 Å². The summed E-state index contributed by atoms with van der Waals surface area (Å²) in [6.07, 6.45) is 0.913. The maximum Gasteiger partial charge on any atom is 0.294 e. The van der Waals surface area contributed by atoms with E-state index in [4.69, 9.17) is 4.55 Å². The van der Waals surface area contributed by atoms with E-state index in [1.54, 1.807) is 0 Å². The molecule has 0 saturated carbocycles. The van der Waals surface area contributed by atoms with E-state index in [1.807, 2.05) is 6.92 Å². The molecular formula is C11H10Br2N2O4S. The molecule has 1 aliphatic heterocycles. The van der Waals surface area contributed by atoms with Crippen LogP contribution in [0.25, 0.3) is 0 Å². The molecule has 1 aromatic carbocycles. The number of hydrazone groups is 1. The standard InChI is InChI=1S/C11H10Br2N2O4S/c1-2-6-3-10(16)15(14-6)11-8(12)4-7(5-9(11)13)20(17,18)19/h4-5H,2-3H2,1H3,(H,17,18,19). The number of benzene rings is 1. The molecule has 0 bridgehead atoms. The smallest absolute Gasteiger partial charge is 0.282 e. The minimum absolute atomic E-state index is 0.192. The summed E-state index contributed by atoms with van der Waals surface area (Å²) in [5, 5.41) is 5.42. The van der Waals surface area contributed by atoms with Crippen molar-refractivity contribution >= 4 is 59.3 Å². The summed E-state index contributed by atoms with van der Waals surface area (Å²) in [5.74, 6) is -0.192. The van der Waals surface area contributed by atoms with Crippen LogP contribution < -0.4 is 5.01 Å². The second-order valence-corrected chi connectivity index (χ2v) is 7.24. The average molecular weight is 426 g/mol. The van der Waals surface area contributed by atoms with E-state index in [2.05, 4.69) is 37.0 Å². The van der Waals surface area contributed by atoms with E-state index in [1.165, 1.54) is 17.1 Å². The molecule has 9 heteroatoms. The molecule has 0 spiro atoms. The van der Waals surface area contributed by atoms with E-state index in [-0.39, 0.29) is 17.2 Å². The second kappa shape index (κ2) is 5.55. The van der Waals surface area contributed by atoms with Gasteiger partial charge in [0.15, 0.2) is 0 Å². The first kappa shape index (κ1) is 15.6. The van der Waals surface area contributed by atoms with Crippen LogP contribution in [0.1, 0.15) is 19.8 Å². The molecule has 0 fully saturated rings. The first-order valence-electron chi connectivity index (χ1n) is 5.60. The zero-order valence-corrected chi connectivity index (χ0v) is 14.3. The van der Waals surface area contributed by atoms with E-state index < -0.39 is 10.1 Å². The SMILES string of the molecule is CCC1=NN(c2c(Br)cc(S(=O)(=O)O)cc2Br)C(=O)C1. The predicted octanol–water partition coefficient (Wildman–Crippen LogP) is 2.96. The largest absolute Gasteiger partial charge is 0.294 e. The minimum atomic E-state index is -4.32. The van der Waals surface area contributed by atoms with Gasteiger partial charge in [0.2, 0.25) is 0 Å². The molecule has 1 heterocycles. The van der Waals surface area contributed by atoms with E-state index in [9.17, 15) is 13.2 Å². The first-order valence-corrected chi connectivity index (χ1v) is 8.62. The highest BCUT2D eigenvalue weighted by Crippen LogP contribution is 2.38. The summed E-state index contributed by atoms with van der Waals surface area (Å²) in [4.78, 5) is 11.7. The third-order valence-electron chi connectivity index (χ3n) is 2.74. The van der Waals surface area contributed by atoms with Crippen LogP contribution in [0.5, 0.6) is 0 Å². The summed E-state index contributed by atoms with van der Waals surface area (Å²) in [5.41, 5.74) is 1.17. The van der Waals surface area contributed by atoms with Crippen LogP contribution in [-0.2, 0) is 14.9 Å². The number of carbonyl (C=O) groups excluding carboxylic acids is 1. The van der Waals surface area contributed by atoms with Crippen molar-refractivity contribution < 1.29 is 17.8 Å². The normalized spacial score (nSPS) is 15.7. The van der Waals surface area contributed by atoms with Gasteiger partial charge in [-0.05, 0) is 50.4 Å². The van der Waals surface area contributed by atoms with E-state index >= 15 is 0 Å². The lowest BCUT2D eigenvalue weighted by molar-refractivity contribution is -0.116. The molecule has 108 valence electrons. The summed E-state index contributed by atoms with van der Waals surface area (Å²) in [7, 11) is -4.32. The molecule has 0 saturated heterocycles. The fourth-order valence-corrected chi connectivity index (χ4v) is 4.10. The zero-order chi connectivity index (χ0) is 15.1. The number of nitrogens with zero attached hydrogens (tertiary/aromatic N) is 2. The van der Waals surface area contributed by atoms with E-state index in [0.717, 1.165) is 5.71 Å². The van der Waals surface area contributed by atoms with Gasteiger partial charge in [-0.15, -0.1) is 0 Å².